The van der Waals surface area contributed by atoms with E-state index in [4.69, 9.17) is 9.47 Å². The van der Waals surface area contributed by atoms with Gasteiger partial charge in [-0.15, -0.1) is 0 Å². The van der Waals surface area contributed by atoms with Crippen LogP contribution >= 0.6 is 0 Å². The van der Waals surface area contributed by atoms with Crippen molar-refractivity contribution in [2.24, 2.45) is 0 Å². The fourth-order valence-corrected chi connectivity index (χ4v) is 2.95. The quantitative estimate of drug-likeness (QED) is 0.568. The van der Waals surface area contributed by atoms with E-state index in [1.54, 1.807) is 0 Å². The molecule has 24 heavy (non-hydrogen) atoms. The molecule has 1 N–H and O–H groups in total. The molecule has 1 aliphatic heterocycles. The van der Waals surface area contributed by atoms with Crippen molar-refractivity contribution in [1.29, 1.82) is 0 Å². The average molecular weight is 333 g/mol. The van der Waals surface area contributed by atoms with Gasteiger partial charge in [-0.1, -0.05) is 51.5 Å². The third-order valence-corrected chi connectivity index (χ3v) is 4.41. The van der Waals surface area contributed by atoms with Gasteiger partial charge >= 0.3 is 0 Å². The molecule has 2 rings (SSSR count). The molecule has 1 aromatic rings. The van der Waals surface area contributed by atoms with Gasteiger partial charge in [0.05, 0.1) is 0 Å². The SMILES string of the molecule is CCCCCCCCCC(=O)NCCCc1ccc2c(c1)OCO2. The van der Waals surface area contributed by atoms with Gasteiger partial charge in [0, 0.05) is 13.0 Å². The second-order valence-electron chi connectivity index (χ2n) is 6.51. The third kappa shape index (κ3) is 6.81. The van der Waals surface area contributed by atoms with Crippen LogP contribution in [0.2, 0.25) is 0 Å². The van der Waals surface area contributed by atoms with Crippen molar-refractivity contribution in [3.05, 3.63) is 23.8 Å². The molecule has 4 heteroatoms. The Morgan fingerprint density at radius 1 is 1.00 bits per heavy atom. The number of carbonyl (C=O) groups excluding carboxylic acids is 1. The summed E-state index contributed by atoms with van der Waals surface area (Å²) >= 11 is 0. The van der Waals surface area contributed by atoms with Crippen molar-refractivity contribution in [1.82, 2.24) is 5.32 Å². The highest BCUT2D eigenvalue weighted by Crippen LogP contribution is 2.32. The molecule has 0 unspecified atom stereocenters. The van der Waals surface area contributed by atoms with Gasteiger partial charge in [-0.2, -0.15) is 0 Å². The van der Waals surface area contributed by atoms with Crippen LogP contribution in [0.15, 0.2) is 18.2 Å². The van der Waals surface area contributed by atoms with E-state index in [1.165, 1.54) is 44.1 Å². The normalized spacial score (nSPS) is 12.4. The number of hydrogen-bond donors (Lipinski definition) is 1. The van der Waals surface area contributed by atoms with Gasteiger partial charge in [0.1, 0.15) is 0 Å². The van der Waals surface area contributed by atoms with E-state index in [9.17, 15) is 4.79 Å². The number of ether oxygens (including phenoxy) is 2. The van der Waals surface area contributed by atoms with Gasteiger partial charge < -0.3 is 14.8 Å². The van der Waals surface area contributed by atoms with E-state index < -0.39 is 0 Å². The van der Waals surface area contributed by atoms with Gasteiger partial charge in [-0.3, -0.25) is 4.79 Å². The number of benzene rings is 1. The Balaban J connectivity index is 1.47. The van der Waals surface area contributed by atoms with Crippen molar-refractivity contribution in [3.8, 4) is 11.5 Å². The summed E-state index contributed by atoms with van der Waals surface area (Å²) in [4.78, 5) is 11.8. The number of aryl methyl sites for hydroxylation is 1. The van der Waals surface area contributed by atoms with E-state index in [1.807, 2.05) is 12.1 Å². The summed E-state index contributed by atoms with van der Waals surface area (Å²) in [5.41, 5.74) is 1.22. The molecule has 0 radical (unpaired) electrons. The van der Waals surface area contributed by atoms with Crippen LogP contribution in [0, 0.1) is 0 Å². The topological polar surface area (TPSA) is 47.6 Å². The zero-order valence-electron chi connectivity index (χ0n) is 14.9. The minimum atomic E-state index is 0.189. The molecule has 0 aliphatic carbocycles. The van der Waals surface area contributed by atoms with Crippen LogP contribution < -0.4 is 14.8 Å². The summed E-state index contributed by atoms with van der Waals surface area (Å²) in [6.45, 7) is 3.29. The predicted octanol–water partition coefficient (Wildman–Crippen LogP) is 4.60. The van der Waals surface area contributed by atoms with Gasteiger partial charge in [-0.25, -0.2) is 0 Å². The van der Waals surface area contributed by atoms with E-state index in [0.717, 1.165) is 37.3 Å². The lowest BCUT2D eigenvalue weighted by molar-refractivity contribution is -0.121. The van der Waals surface area contributed by atoms with Gasteiger partial charge in [0.2, 0.25) is 12.7 Å². The molecule has 0 aromatic heterocycles. The van der Waals surface area contributed by atoms with Crippen LogP contribution in [0.5, 0.6) is 11.5 Å². The minimum absolute atomic E-state index is 0.189. The Kier molecular flexibility index (Phi) is 8.50. The Morgan fingerprint density at radius 2 is 1.75 bits per heavy atom. The standard InChI is InChI=1S/C20H31NO3/c1-2-3-4-5-6-7-8-11-20(22)21-14-9-10-17-12-13-18-19(15-17)24-16-23-18/h12-13,15H,2-11,14,16H2,1H3,(H,21,22). The van der Waals surface area contributed by atoms with Gasteiger partial charge in [0.15, 0.2) is 11.5 Å². The first-order valence-electron chi connectivity index (χ1n) is 9.45. The maximum Gasteiger partial charge on any atom is 0.231 e. The minimum Gasteiger partial charge on any atom is -0.454 e. The summed E-state index contributed by atoms with van der Waals surface area (Å²) < 4.78 is 10.7. The molecule has 1 aromatic carbocycles. The van der Waals surface area contributed by atoms with Crippen molar-refractivity contribution in [3.63, 3.8) is 0 Å². The number of fused-ring (bicyclic) bond motifs is 1. The Morgan fingerprint density at radius 3 is 2.58 bits per heavy atom. The lowest BCUT2D eigenvalue weighted by atomic mass is 10.1. The van der Waals surface area contributed by atoms with E-state index in [2.05, 4.69) is 18.3 Å². The van der Waals surface area contributed by atoms with Crippen molar-refractivity contribution in [2.45, 2.75) is 71.1 Å². The van der Waals surface area contributed by atoms with Crippen LogP contribution in [0.25, 0.3) is 0 Å². The predicted molar refractivity (Wildman–Crippen MR) is 96.5 cm³/mol. The molecule has 1 aliphatic rings. The molecule has 4 nitrogen and oxygen atoms in total. The number of unbranched alkanes of at least 4 members (excludes halogenated alkanes) is 6. The van der Waals surface area contributed by atoms with Crippen molar-refractivity contribution >= 4 is 5.91 Å². The average Bonchev–Trinajstić information content (AvgIpc) is 3.05. The van der Waals surface area contributed by atoms with Crippen LogP contribution in [0.1, 0.15) is 70.3 Å². The highest BCUT2D eigenvalue weighted by atomic mass is 16.7. The molecule has 1 amide bonds. The Bertz CT molecular complexity index is 502. The summed E-state index contributed by atoms with van der Waals surface area (Å²) in [5, 5.41) is 3.02. The number of rotatable bonds is 12. The summed E-state index contributed by atoms with van der Waals surface area (Å²) in [5.74, 6) is 1.84. The van der Waals surface area contributed by atoms with Crippen LogP contribution in [0.3, 0.4) is 0 Å². The van der Waals surface area contributed by atoms with Crippen LogP contribution in [0.4, 0.5) is 0 Å². The van der Waals surface area contributed by atoms with E-state index >= 15 is 0 Å². The maximum absolute atomic E-state index is 11.8. The second-order valence-corrected chi connectivity index (χ2v) is 6.51. The fraction of sp³-hybridized carbons (Fsp3) is 0.650. The molecule has 1 heterocycles. The summed E-state index contributed by atoms with van der Waals surface area (Å²) in [7, 11) is 0. The molecule has 0 fully saturated rings. The lowest BCUT2D eigenvalue weighted by Crippen LogP contribution is -2.24. The number of hydrogen-bond acceptors (Lipinski definition) is 3. The Labute approximate surface area is 145 Å². The Hall–Kier alpha value is -1.71. The van der Waals surface area contributed by atoms with Crippen LogP contribution in [-0.4, -0.2) is 19.2 Å². The highest BCUT2D eigenvalue weighted by molar-refractivity contribution is 5.75. The smallest absolute Gasteiger partial charge is 0.231 e. The van der Waals surface area contributed by atoms with E-state index in [0.29, 0.717) is 13.2 Å². The van der Waals surface area contributed by atoms with E-state index in [-0.39, 0.29) is 5.91 Å². The first-order valence-corrected chi connectivity index (χ1v) is 9.45. The maximum atomic E-state index is 11.8. The number of nitrogens with one attached hydrogen (secondary N) is 1. The molecule has 0 saturated heterocycles. The largest absolute Gasteiger partial charge is 0.454 e. The van der Waals surface area contributed by atoms with Gasteiger partial charge in [-0.05, 0) is 37.0 Å². The van der Waals surface area contributed by atoms with Gasteiger partial charge in [0.25, 0.3) is 0 Å². The summed E-state index contributed by atoms with van der Waals surface area (Å²) in [6, 6.07) is 6.05. The second kappa shape index (κ2) is 11.0. The monoisotopic (exact) mass is 333 g/mol. The summed E-state index contributed by atoms with van der Waals surface area (Å²) in [6.07, 6.45) is 11.3. The molecular weight excluding hydrogens is 302 g/mol. The first kappa shape index (κ1) is 18.6. The van der Waals surface area contributed by atoms with Crippen molar-refractivity contribution in [2.75, 3.05) is 13.3 Å². The fourth-order valence-electron chi connectivity index (χ4n) is 2.95. The van der Waals surface area contributed by atoms with Crippen LogP contribution in [-0.2, 0) is 11.2 Å². The number of amides is 1. The molecular formula is C20H31NO3. The molecule has 0 atom stereocenters. The highest BCUT2D eigenvalue weighted by Gasteiger charge is 2.12. The first-order chi connectivity index (χ1) is 11.8. The molecule has 0 spiro atoms. The molecule has 0 bridgehead atoms. The molecule has 0 saturated carbocycles. The third-order valence-electron chi connectivity index (χ3n) is 4.41. The van der Waals surface area contributed by atoms with Crippen molar-refractivity contribution < 1.29 is 14.3 Å². The molecule has 134 valence electrons. The zero-order valence-corrected chi connectivity index (χ0v) is 14.9. The zero-order chi connectivity index (χ0) is 17.0. The lowest BCUT2D eigenvalue weighted by Gasteiger charge is -2.06. The number of carbonyl (C=O) groups is 1.